The fourth-order valence-electron chi connectivity index (χ4n) is 4.84. The summed E-state index contributed by atoms with van der Waals surface area (Å²) in [5.74, 6) is 0.748. The second kappa shape index (κ2) is 8.87. The van der Waals surface area contributed by atoms with Gasteiger partial charge in [0.25, 0.3) is 0 Å². The van der Waals surface area contributed by atoms with Gasteiger partial charge in [-0.05, 0) is 41.9 Å². The van der Waals surface area contributed by atoms with E-state index in [9.17, 15) is 4.79 Å². The van der Waals surface area contributed by atoms with Gasteiger partial charge in [-0.1, -0.05) is 30.7 Å². The Morgan fingerprint density at radius 2 is 1.94 bits per heavy atom. The molecule has 35 heavy (non-hydrogen) atoms. The number of imidazole rings is 1. The topological polar surface area (TPSA) is 77.8 Å². The smallest absolute Gasteiger partial charge is 0.228 e. The monoisotopic (exact) mass is 487 g/mol. The number of aromatic nitrogens is 3. The molecule has 0 unspecified atom stereocenters. The lowest BCUT2D eigenvalue weighted by atomic mass is 10.0. The molecule has 1 amide bonds. The third-order valence-electron chi connectivity index (χ3n) is 6.85. The number of benzene rings is 1. The van der Waals surface area contributed by atoms with Crippen LogP contribution in [0.1, 0.15) is 12.5 Å². The van der Waals surface area contributed by atoms with E-state index in [1.807, 2.05) is 47.1 Å². The molecule has 5 heterocycles. The van der Waals surface area contributed by atoms with Crippen molar-refractivity contribution in [3.8, 4) is 11.1 Å². The summed E-state index contributed by atoms with van der Waals surface area (Å²) in [7, 11) is 0. The summed E-state index contributed by atoms with van der Waals surface area (Å²) in [6, 6.07) is 12.0. The molecule has 0 radical (unpaired) electrons. The molecule has 0 saturated carbocycles. The molecule has 0 aliphatic carbocycles. The number of fused-ring (bicyclic) bond motifs is 2. The molecule has 0 bridgehead atoms. The van der Waals surface area contributed by atoms with Crippen molar-refractivity contribution < 1.29 is 4.79 Å². The number of nitrogens with one attached hydrogen (secondary N) is 2. The van der Waals surface area contributed by atoms with Gasteiger partial charge in [-0.25, -0.2) is 9.97 Å². The quantitative estimate of drug-likeness (QED) is 0.405. The summed E-state index contributed by atoms with van der Waals surface area (Å²) >= 11 is 6.78. The van der Waals surface area contributed by atoms with Crippen LogP contribution in [0.25, 0.3) is 16.8 Å². The number of hydrogen-bond acceptors (Lipinski definition) is 6. The second-order valence-corrected chi connectivity index (χ2v) is 9.29. The first-order valence-electron chi connectivity index (χ1n) is 11.9. The standard InChI is InChI=1S/C26H26ClN7O/c1-2-32-9-11-33(12-10-32)19-5-6-23(29-16-19)30-22-15-20(25(27)34-8-7-28-26(22)34)17-3-4-18-14-24(35)31-21(18)13-17/h3-8,13,15-16H,2,9-12,14H2,1H3,(H,29,30)(H,31,35). The molecule has 9 heteroatoms. The van der Waals surface area contributed by atoms with Crippen LogP contribution in [0.3, 0.4) is 0 Å². The maximum atomic E-state index is 11.8. The number of nitrogens with zero attached hydrogens (tertiary/aromatic N) is 5. The van der Waals surface area contributed by atoms with Gasteiger partial charge in [-0.2, -0.15) is 0 Å². The molecule has 1 aromatic carbocycles. The number of carbonyl (C=O) groups excluding carboxylic acids is 1. The van der Waals surface area contributed by atoms with Gasteiger partial charge in [-0.3, -0.25) is 9.20 Å². The first-order valence-corrected chi connectivity index (χ1v) is 12.3. The molecule has 0 spiro atoms. The highest BCUT2D eigenvalue weighted by molar-refractivity contribution is 6.32. The highest BCUT2D eigenvalue weighted by Gasteiger charge is 2.20. The van der Waals surface area contributed by atoms with E-state index in [1.165, 1.54) is 0 Å². The number of anilines is 4. The molecule has 178 valence electrons. The fraction of sp³-hybridized carbons (Fsp3) is 0.269. The lowest BCUT2D eigenvalue weighted by molar-refractivity contribution is -0.115. The van der Waals surface area contributed by atoms with E-state index in [-0.39, 0.29) is 5.91 Å². The molecule has 2 N–H and O–H groups in total. The predicted molar refractivity (Wildman–Crippen MR) is 140 cm³/mol. The van der Waals surface area contributed by atoms with Crippen molar-refractivity contribution in [3.63, 3.8) is 0 Å². The molecule has 0 atom stereocenters. The van der Waals surface area contributed by atoms with Crippen molar-refractivity contribution in [2.24, 2.45) is 0 Å². The Kier molecular flexibility index (Phi) is 5.54. The number of likely N-dealkylation sites (N-methyl/N-ethyl adjacent to an activating group) is 1. The highest BCUT2D eigenvalue weighted by Crippen LogP contribution is 2.37. The average molecular weight is 488 g/mol. The predicted octanol–water partition coefficient (Wildman–Crippen LogP) is 4.43. The summed E-state index contributed by atoms with van der Waals surface area (Å²) in [6.45, 7) is 7.49. The number of piperazine rings is 1. The van der Waals surface area contributed by atoms with Gasteiger partial charge in [0.1, 0.15) is 11.0 Å². The molecule has 8 nitrogen and oxygen atoms in total. The lowest BCUT2D eigenvalue weighted by Gasteiger charge is -2.35. The van der Waals surface area contributed by atoms with Crippen LogP contribution in [0.15, 0.2) is 55.0 Å². The van der Waals surface area contributed by atoms with Gasteiger partial charge in [0.05, 0.1) is 24.0 Å². The Morgan fingerprint density at radius 3 is 2.71 bits per heavy atom. The SMILES string of the molecule is CCN1CCN(c2ccc(Nc3cc(-c4ccc5c(c4)NC(=O)C5)c(Cl)n4ccnc34)nc2)CC1. The number of rotatable bonds is 5. The zero-order valence-electron chi connectivity index (χ0n) is 19.5. The molecule has 2 aliphatic heterocycles. The summed E-state index contributed by atoms with van der Waals surface area (Å²) in [4.78, 5) is 25.8. The Bertz CT molecular complexity index is 1410. The van der Waals surface area contributed by atoms with Crippen LogP contribution in [0.2, 0.25) is 5.15 Å². The van der Waals surface area contributed by atoms with Crippen molar-refractivity contribution >= 4 is 46.0 Å². The van der Waals surface area contributed by atoms with Gasteiger partial charge in [0.2, 0.25) is 5.91 Å². The number of amides is 1. The van der Waals surface area contributed by atoms with Crippen LogP contribution in [0, 0.1) is 0 Å². The third-order valence-corrected chi connectivity index (χ3v) is 7.23. The largest absolute Gasteiger partial charge is 0.368 e. The third kappa shape index (κ3) is 4.09. The highest BCUT2D eigenvalue weighted by atomic mass is 35.5. The average Bonchev–Trinajstić information content (AvgIpc) is 3.52. The lowest BCUT2D eigenvalue weighted by Crippen LogP contribution is -2.46. The van der Waals surface area contributed by atoms with Gasteiger partial charge in [-0.15, -0.1) is 0 Å². The molecule has 4 aromatic rings. The van der Waals surface area contributed by atoms with Crippen LogP contribution >= 0.6 is 11.6 Å². The minimum atomic E-state index is 0.0115. The van der Waals surface area contributed by atoms with E-state index >= 15 is 0 Å². The second-order valence-electron chi connectivity index (χ2n) is 8.93. The molecule has 2 aliphatic rings. The van der Waals surface area contributed by atoms with Crippen LogP contribution < -0.4 is 15.5 Å². The number of halogens is 1. The van der Waals surface area contributed by atoms with E-state index in [0.717, 1.165) is 77.9 Å². The Labute approximate surface area is 208 Å². The zero-order valence-corrected chi connectivity index (χ0v) is 20.2. The summed E-state index contributed by atoms with van der Waals surface area (Å²) < 4.78 is 1.85. The maximum absolute atomic E-state index is 11.8. The molecular weight excluding hydrogens is 462 g/mol. The van der Waals surface area contributed by atoms with E-state index < -0.39 is 0 Å². The zero-order chi connectivity index (χ0) is 23.9. The first kappa shape index (κ1) is 21.9. The van der Waals surface area contributed by atoms with Gasteiger partial charge in [0, 0.05) is 49.8 Å². The Hall–Kier alpha value is -3.62. The minimum Gasteiger partial charge on any atom is -0.368 e. The number of pyridine rings is 2. The first-order chi connectivity index (χ1) is 17.1. The maximum Gasteiger partial charge on any atom is 0.228 e. The van der Waals surface area contributed by atoms with Crippen molar-refractivity contribution in [2.45, 2.75) is 13.3 Å². The van der Waals surface area contributed by atoms with Crippen molar-refractivity contribution in [3.05, 3.63) is 65.7 Å². The summed E-state index contributed by atoms with van der Waals surface area (Å²) in [5.41, 5.74) is 6.25. The Morgan fingerprint density at radius 1 is 1.09 bits per heavy atom. The summed E-state index contributed by atoms with van der Waals surface area (Å²) in [6.07, 6.45) is 5.90. The Balaban J connectivity index is 1.29. The molecule has 1 fully saturated rings. The van der Waals surface area contributed by atoms with Crippen molar-refractivity contribution in [2.75, 3.05) is 48.3 Å². The van der Waals surface area contributed by atoms with Crippen LogP contribution in [0.5, 0.6) is 0 Å². The molecular formula is C26H26ClN7O. The molecule has 3 aromatic heterocycles. The minimum absolute atomic E-state index is 0.0115. The fourth-order valence-corrected chi connectivity index (χ4v) is 5.14. The number of carbonyl (C=O) groups is 1. The van der Waals surface area contributed by atoms with E-state index in [4.69, 9.17) is 11.6 Å². The molecule has 1 saturated heterocycles. The van der Waals surface area contributed by atoms with Gasteiger partial charge >= 0.3 is 0 Å². The van der Waals surface area contributed by atoms with Gasteiger partial charge < -0.3 is 20.4 Å². The van der Waals surface area contributed by atoms with Crippen LogP contribution in [-0.4, -0.2) is 57.9 Å². The summed E-state index contributed by atoms with van der Waals surface area (Å²) in [5, 5.41) is 6.90. The van der Waals surface area contributed by atoms with E-state index in [0.29, 0.717) is 11.6 Å². The van der Waals surface area contributed by atoms with Crippen molar-refractivity contribution in [1.82, 2.24) is 19.3 Å². The number of hydrogen-bond donors (Lipinski definition) is 2. The molecule has 6 rings (SSSR count). The van der Waals surface area contributed by atoms with Crippen molar-refractivity contribution in [1.29, 1.82) is 0 Å². The van der Waals surface area contributed by atoms with Crippen LogP contribution in [-0.2, 0) is 11.2 Å². The normalized spacial score (nSPS) is 15.9. The van der Waals surface area contributed by atoms with Crippen LogP contribution in [0.4, 0.5) is 22.9 Å². The van der Waals surface area contributed by atoms with E-state index in [2.05, 4.69) is 43.4 Å². The van der Waals surface area contributed by atoms with E-state index in [1.54, 1.807) is 6.20 Å². The van der Waals surface area contributed by atoms with Gasteiger partial charge in [0.15, 0.2) is 5.65 Å².